The minimum absolute atomic E-state index is 0.116. The van der Waals surface area contributed by atoms with Gasteiger partial charge in [-0.1, -0.05) is 6.07 Å². The van der Waals surface area contributed by atoms with Crippen LogP contribution in [0.25, 0.3) is 0 Å². The van der Waals surface area contributed by atoms with Gasteiger partial charge in [-0.15, -0.1) is 0 Å². The number of hydrazine groups is 1. The SMILES string of the molecule is N#CCC(=O)C1CC1.NNc1cccc(F)c1. The molecule has 0 heterocycles. The zero-order chi connectivity index (χ0) is 12.7. The molecule has 5 heteroatoms. The van der Waals surface area contributed by atoms with Crippen molar-refractivity contribution < 1.29 is 9.18 Å². The van der Waals surface area contributed by atoms with Crippen molar-refractivity contribution >= 4 is 11.5 Å². The highest BCUT2D eigenvalue weighted by atomic mass is 19.1. The monoisotopic (exact) mass is 235 g/mol. The maximum atomic E-state index is 12.3. The van der Waals surface area contributed by atoms with Crippen LogP contribution in [-0.4, -0.2) is 5.78 Å². The Bertz CT molecular complexity index is 424. The Labute approximate surface area is 99.2 Å². The lowest BCUT2D eigenvalue weighted by Crippen LogP contribution is -2.06. The third-order valence-electron chi connectivity index (χ3n) is 2.28. The van der Waals surface area contributed by atoms with E-state index in [1.807, 2.05) is 6.07 Å². The molecule has 0 aromatic heterocycles. The van der Waals surface area contributed by atoms with Gasteiger partial charge in [0.15, 0.2) is 0 Å². The van der Waals surface area contributed by atoms with E-state index >= 15 is 0 Å². The third kappa shape index (κ3) is 5.09. The van der Waals surface area contributed by atoms with Crippen LogP contribution >= 0.6 is 0 Å². The summed E-state index contributed by atoms with van der Waals surface area (Å²) in [5.41, 5.74) is 2.91. The number of Topliss-reactive ketones (excluding diaryl/α,β-unsaturated/α-hetero) is 1. The normalized spacial score (nSPS) is 13.0. The molecular weight excluding hydrogens is 221 g/mol. The summed E-state index contributed by atoms with van der Waals surface area (Å²) in [4.78, 5) is 10.6. The molecule has 0 aliphatic heterocycles. The smallest absolute Gasteiger partial charge is 0.149 e. The van der Waals surface area contributed by atoms with Gasteiger partial charge in [0.2, 0.25) is 0 Å². The minimum atomic E-state index is -0.287. The molecule has 0 radical (unpaired) electrons. The number of carbonyl (C=O) groups excluding carboxylic acids is 1. The first-order chi connectivity index (χ1) is 8.17. The van der Waals surface area contributed by atoms with Crippen LogP contribution in [0.15, 0.2) is 24.3 Å². The van der Waals surface area contributed by atoms with Crippen LogP contribution in [0, 0.1) is 23.1 Å². The van der Waals surface area contributed by atoms with Crippen LogP contribution in [0.3, 0.4) is 0 Å². The summed E-state index contributed by atoms with van der Waals surface area (Å²) in [6.07, 6.45) is 2.14. The molecule has 1 aromatic rings. The summed E-state index contributed by atoms with van der Waals surface area (Å²) in [6, 6.07) is 7.79. The maximum absolute atomic E-state index is 12.3. The lowest BCUT2D eigenvalue weighted by Gasteiger charge is -1.96. The fraction of sp³-hybridized carbons (Fsp3) is 0.333. The zero-order valence-electron chi connectivity index (χ0n) is 9.32. The van der Waals surface area contributed by atoms with Gasteiger partial charge in [-0.25, -0.2) is 4.39 Å². The first-order valence-electron chi connectivity index (χ1n) is 5.29. The molecule has 0 bridgehead atoms. The highest BCUT2D eigenvalue weighted by molar-refractivity contribution is 5.84. The summed E-state index contributed by atoms with van der Waals surface area (Å²) in [5, 5.41) is 8.04. The molecule has 1 fully saturated rings. The predicted octanol–water partition coefficient (Wildman–Crippen LogP) is 1.99. The number of nitrogens with one attached hydrogen (secondary N) is 1. The largest absolute Gasteiger partial charge is 0.324 e. The number of benzene rings is 1. The fourth-order valence-electron chi connectivity index (χ4n) is 1.21. The molecule has 0 atom stereocenters. The Morgan fingerprint density at radius 3 is 2.71 bits per heavy atom. The van der Waals surface area contributed by atoms with Crippen molar-refractivity contribution in [1.29, 1.82) is 5.26 Å². The number of anilines is 1. The number of nitrogen functional groups attached to an aromatic ring is 1. The van der Waals surface area contributed by atoms with Crippen molar-refractivity contribution in [1.82, 2.24) is 0 Å². The van der Waals surface area contributed by atoms with Crippen LogP contribution in [0.1, 0.15) is 19.3 Å². The average Bonchev–Trinajstić information content (AvgIpc) is 3.14. The summed E-state index contributed by atoms with van der Waals surface area (Å²) in [6.45, 7) is 0. The summed E-state index contributed by atoms with van der Waals surface area (Å²) >= 11 is 0. The molecule has 0 saturated heterocycles. The molecule has 4 nitrogen and oxygen atoms in total. The third-order valence-corrected chi connectivity index (χ3v) is 2.28. The van der Waals surface area contributed by atoms with Gasteiger partial charge in [0.1, 0.15) is 11.6 Å². The summed E-state index contributed by atoms with van der Waals surface area (Å²) < 4.78 is 12.3. The van der Waals surface area contributed by atoms with Crippen molar-refractivity contribution in [3.8, 4) is 6.07 Å². The van der Waals surface area contributed by atoms with Gasteiger partial charge in [-0.2, -0.15) is 5.26 Å². The Morgan fingerprint density at radius 1 is 1.59 bits per heavy atom. The molecule has 1 saturated carbocycles. The first kappa shape index (κ1) is 13.1. The van der Waals surface area contributed by atoms with E-state index in [0.717, 1.165) is 12.8 Å². The molecule has 1 aliphatic carbocycles. The van der Waals surface area contributed by atoms with Gasteiger partial charge in [0.05, 0.1) is 18.2 Å². The number of carbonyl (C=O) groups is 1. The van der Waals surface area contributed by atoms with Gasteiger partial charge < -0.3 is 5.43 Å². The second kappa shape index (κ2) is 6.61. The highest BCUT2D eigenvalue weighted by Crippen LogP contribution is 2.30. The number of rotatable bonds is 3. The molecule has 0 unspecified atom stereocenters. The second-order valence-corrected chi connectivity index (χ2v) is 3.73. The number of nitrogens with two attached hydrogens (primary N) is 1. The number of nitriles is 1. The molecule has 17 heavy (non-hydrogen) atoms. The Kier molecular flexibility index (Phi) is 5.11. The maximum Gasteiger partial charge on any atom is 0.149 e. The fourth-order valence-corrected chi connectivity index (χ4v) is 1.21. The van der Waals surface area contributed by atoms with Crippen LogP contribution in [0.5, 0.6) is 0 Å². The number of ketones is 1. The van der Waals surface area contributed by atoms with Crippen LogP contribution in [-0.2, 0) is 4.79 Å². The van der Waals surface area contributed by atoms with Crippen molar-refractivity contribution in [2.24, 2.45) is 11.8 Å². The van der Waals surface area contributed by atoms with Crippen LogP contribution < -0.4 is 11.3 Å². The van der Waals surface area contributed by atoms with Gasteiger partial charge in [-0.05, 0) is 31.0 Å². The highest BCUT2D eigenvalue weighted by Gasteiger charge is 2.28. The van der Waals surface area contributed by atoms with Gasteiger partial charge in [0.25, 0.3) is 0 Å². The Balaban J connectivity index is 0.000000171. The van der Waals surface area contributed by atoms with E-state index in [1.165, 1.54) is 12.1 Å². The van der Waals surface area contributed by atoms with E-state index in [0.29, 0.717) is 5.69 Å². The van der Waals surface area contributed by atoms with E-state index < -0.39 is 0 Å². The zero-order valence-corrected chi connectivity index (χ0v) is 9.32. The Morgan fingerprint density at radius 2 is 2.29 bits per heavy atom. The molecule has 0 spiro atoms. The van der Waals surface area contributed by atoms with E-state index in [4.69, 9.17) is 11.1 Å². The predicted molar refractivity (Wildman–Crippen MR) is 62.2 cm³/mol. The number of nitrogens with zero attached hydrogens (tertiary/aromatic N) is 1. The quantitative estimate of drug-likeness (QED) is 0.620. The lowest BCUT2D eigenvalue weighted by atomic mass is 10.2. The van der Waals surface area contributed by atoms with Gasteiger partial charge in [-0.3, -0.25) is 10.6 Å². The van der Waals surface area contributed by atoms with E-state index in [2.05, 4.69) is 5.43 Å². The van der Waals surface area contributed by atoms with E-state index in [1.54, 1.807) is 12.1 Å². The second-order valence-electron chi connectivity index (χ2n) is 3.73. The van der Waals surface area contributed by atoms with Gasteiger partial charge in [0, 0.05) is 5.92 Å². The van der Waals surface area contributed by atoms with Crippen molar-refractivity contribution in [2.45, 2.75) is 19.3 Å². The van der Waals surface area contributed by atoms with Crippen molar-refractivity contribution in [2.75, 3.05) is 5.43 Å². The standard InChI is InChI=1S/C6H7FN2.C6H7NO/c7-5-2-1-3-6(4-5)9-8;7-4-3-6(8)5-1-2-5/h1-4,9H,8H2;5H,1-3H2. The van der Waals surface area contributed by atoms with Crippen LogP contribution in [0.4, 0.5) is 10.1 Å². The van der Waals surface area contributed by atoms with E-state index in [9.17, 15) is 9.18 Å². The lowest BCUT2D eigenvalue weighted by molar-refractivity contribution is -0.119. The summed E-state index contributed by atoms with van der Waals surface area (Å²) in [7, 11) is 0. The van der Waals surface area contributed by atoms with E-state index in [-0.39, 0.29) is 23.9 Å². The number of halogens is 1. The molecule has 0 amide bonds. The Hall–Kier alpha value is -1.93. The van der Waals surface area contributed by atoms with Crippen molar-refractivity contribution in [3.63, 3.8) is 0 Å². The summed E-state index contributed by atoms with van der Waals surface area (Å²) in [5.74, 6) is 5.11. The molecule has 2 rings (SSSR count). The number of hydrogen-bond donors (Lipinski definition) is 2. The first-order valence-corrected chi connectivity index (χ1v) is 5.29. The molecule has 1 aliphatic rings. The molecule has 3 N–H and O–H groups in total. The molecular formula is C12H14FN3O. The minimum Gasteiger partial charge on any atom is -0.324 e. The van der Waals surface area contributed by atoms with Crippen molar-refractivity contribution in [3.05, 3.63) is 30.1 Å². The average molecular weight is 235 g/mol. The molecule has 90 valence electrons. The molecule has 1 aromatic carbocycles. The van der Waals surface area contributed by atoms with Crippen LogP contribution in [0.2, 0.25) is 0 Å². The number of hydrogen-bond acceptors (Lipinski definition) is 4. The van der Waals surface area contributed by atoms with Gasteiger partial charge >= 0.3 is 0 Å². The topological polar surface area (TPSA) is 78.9 Å².